The first-order chi connectivity index (χ1) is 5.24. The molecule has 0 saturated heterocycles. The fraction of sp³-hybridized carbons (Fsp3) is 0. The Bertz CT molecular complexity index is 279. The van der Waals surface area contributed by atoms with Crippen molar-refractivity contribution in [3.05, 3.63) is 35.6 Å². The summed E-state index contributed by atoms with van der Waals surface area (Å²) >= 11 is 0. The molecule has 0 radical (unpaired) electrons. The van der Waals surface area contributed by atoms with Crippen molar-refractivity contribution in [1.29, 1.82) is 0 Å². The number of benzene rings is 1. The van der Waals surface area contributed by atoms with E-state index in [0.29, 0.717) is 5.56 Å². The molecule has 0 aliphatic carbocycles. The van der Waals surface area contributed by atoms with Gasteiger partial charge >= 0.3 is 0 Å². The molecule has 56 valence electrons. The molecule has 0 saturated carbocycles. The second-order valence-corrected chi connectivity index (χ2v) is 1.97. The van der Waals surface area contributed by atoms with E-state index in [1.54, 1.807) is 0 Å². The maximum atomic E-state index is 12.3. The van der Waals surface area contributed by atoms with Gasteiger partial charge in [0.2, 0.25) is 0 Å². The highest BCUT2D eigenvalue weighted by atomic mass is 19.1. The van der Waals surface area contributed by atoms with Crippen LogP contribution in [-0.2, 0) is 0 Å². The first-order valence-corrected chi connectivity index (χ1v) is 3.00. The number of carbonyl (C=O) groups is 1. The highest BCUT2D eigenvalue weighted by Gasteiger charge is 2.00. The molecule has 0 heterocycles. The molecule has 0 bridgehead atoms. The molecule has 1 aromatic carbocycles. The second-order valence-electron chi connectivity index (χ2n) is 1.97. The van der Waals surface area contributed by atoms with Crippen molar-refractivity contribution >= 4 is 12.6 Å². The molecule has 2 nitrogen and oxygen atoms in total. The number of amides is 1. The van der Waals surface area contributed by atoms with Crippen molar-refractivity contribution in [2.75, 3.05) is 0 Å². The zero-order valence-corrected chi connectivity index (χ0v) is 5.75. The normalized spacial score (nSPS) is 9.18. The van der Waals surface area contributed by atoms with Crippen molar-refractivity contribution in [2.24, 2.45) is 4.99 Å². The van der Waals surface area contributed by atoms with Gasteiger partial charge < -0.3 is 0 Å². The quantitative estimate of drug-likeness (QED) is 0.561. The van der Waals surface area contributed by atoms with Crippen molar-refractivity contribution in [1.82, 2.24) is 0 Å². The van der Waals surface area contributed by atoms with Gasteiger partial charge in [-0.05, 0) is 31.0 Å². The van der Waals surface area contributed by atoms with Gasteiger partial charge in [0.25, 0.3) is 5.91 Å². The van der Waals surface area contributed by atoms with Crippen LogP contribution in [0, 0.1) is 5.82 Å². The summed E-state index contributed by atoms with van der Waals surface area (Å²) in [5, 5.41) is 0. The third kappa shape index (κ3) is 1.70. The van der Waals surface area contributed by atoms with E-state index in [2.05, 4.69) is 11.7 Å². The summed E-state index contributed by atoms with van der Waals surface area (Å²) < 4.78 is 12.3. The van der Waals surface area contributed by atoms with Crippen molar-refractivity contribution in [3.63, 3.8) is 0 Å². The van der Waals surface area contributed by atoms with Crippen LogP contribution in [0.5, 0.6) is 0 Å². The summed E-state index contributed by atoms with van der Waals surface area (Å²) in [5.41, 5.74) is 0.349. The summed E-state index contributed by atoms with van der Waals surface area (Å²) in [4.78, 5) is 14.0. The molecule has 0 atom stereocenters. The summed E-state index contributed by atoms with van der Waals surface area (Å²) in [6.07, 6.45) is 0. The van der Waals surface area contributed by atoms with Gasteiger partial charge in [0.1, 0.15) is 5.82 Å². The van der Waals surface area contributed by atoms with Gasteiger partial charge in [-0.1, -0.05) is 0 Å². The van der Waals surface area contributed by atoms with E-state index in [1.807, 2.05) is 0 Å². The van der Waals surface area contributed by atoms with Gasteiger partial charge in [0, 0.05) is 5.56 Å². The maximum Gasteiger partial charge on any atom is 0.276 e. The van der Waals surface area contributed by atoms with E-state index < -0.39 is 5.91 Å². The minimum atomic E-state index is -0.440. The molecule has 0 spiro atoms. The highest BCUT2D eigenvalue weighted by molar-refractivity contribution is 5.96. The fourth-order valence-electron chi connectivity index (χ4n) is 0.684. The molecular weight excluding hydrogens is 145 g/mol. The summed E-state index contributed by atoms with van der Waals surface area (Å²) in [7, 11) is 0. The average molecular weight is 151 g/mol. The molecule has 3 heteroatoms. The van der Waals surface area contributed by atoms with Crippen LogP contribution in [-0.4, -0.2) is 12.6 Å². The van der Waals surface area contributed by atoms with Crippen molar-refractivity contribution in [2.45, 2.75) is 0 Å². The lowest BCUT2D eigenvalue weighted by Gasteiger charge is -1.92. The smallest absolute Gasteiger partial charge is 0.267 e. The molecular formula is C8H6FNO. The minimum absolute atomic E-state index is 0.349. The van der Waals surface area contributed by atoms with E-state index in [0.717, 1.165) is 0 Å². The Morgan fingerprint density at radius 3 is 2.36 bits per heavy atom. The van der Waals surface area contributed by atoms with Crippen LogP contribution < -0.4 is 0 Å². The van der Waals surface area contributed by atoms with E-state index in [9.17, 15) is 9.18 Å². The Balaban J connectivity index is 2.98. The number of rotatable bonds is 1. The second kappa shape index (κ2) is 3.05. The summed E-state index contributed by atoms with van der Waals surface area (Å²) in [6.45, 7) is 3.07. The molecule has 1 aromatic rings. The molecule has 0 fully saturated rings. The van der Waals surface area contributed by atoms with E-state index in [-0.39, 0.29) is 5.82 Å². The third-order valence-electron chi connectivity index (χ3n) is 1.23. The lowest BCUT2D eigenvalue weighted by molar-refractivity contribution is 0.100. The maximum absolute atomic E-state index is 12.3. The van der Waals surface area contributed by atoms with Crippen molar-refractivity contribution < 1.29 is 9.18 Å². The topological polar surface area (TPSA) is 29.4 Å². The summed E-state index contributed by atoms with van der Waals surface area (Å²) in [6, 6.07) is 5.15. The number of hydrogen-bond donors (Lipinski definition) is 0. The van der Waals surface area contributed by atoms with Crippen molar-refractivity contribution in [3.8, 4) is 0 Å². The Labute approximate surface area is 63.4 Å². The van der Waals surface area contributed by atoms with Crippen LogP contribution in [0.15, 0.2) is 29.3 Å². The number of aliphatic imine (C=N–C) groups is 1. The SMILES string of the molecule is C=NC(=O)c1ccc(F)cc1. The van der Waals surface area contributed by atoms with Crippen LogP contribution in [0.25, 0.3) is 0 Å². The van der Waals surface area contributed by atoms with Gasteiger partial charge in [0.15, 0.2) is 0 Å². The van der Waals surface area contributed by atoms with Gasteiger partial charge in [-0.3, -0.25) is 4.79 Å². The summed E-state index contributed by atoms with van der Waals surface area (Å²) in [5.74, 6) is -0.810. The average Bonchev–Trinajstić information content (AvgIpc) is 2.05. The number of halogens is 1. The molecule has 0 unspecified atom stereocenters. The van der Waals surface area contributed by atoms with Crippen LogP contribution in [0.4, 0.5) is 4.39 Å². The lowest BCUT2D eigenvalue weighted by atomic mass is 10.2. The first kappa shape index (κ1) is 7.60. The molecule has 1 amide bonds. The van der Waals surface area contributed by atoms with Crippen LogP contribution in [0.3, 0.4) is 0 Å². The van der Waals surface area contributed by atoms with Gasteiger partial charge in [0.05, 0.1) is 0 Å². The molecule has 11 heavy (non-hydrogen) atoms. The minimum Gasteiger partial charge on any atom is -0.267 e. The van der Waals surface area contributed by atoms with E-state index in [1.165, 1.54) is 24.3 Å². The highest BCUT2D eigenvalue weighted by Crippen LogP contribution is 2.03. The Kier molecular flexibility index (Phi) is 2.11. The lowest BCUT2D eigenvalue weighted by Crippen LogP contribution is -1.92. The molecule has 0 aromatic heterocycles. The zero-order chi connectivity index (χ0) is 8.27. The number of hydrogen-bond acceptors (Lipinski definition) is 1. The third-order valence-corrected chi connectivity index (χ3v) is 1.23. The predicted octanol–water partition coefficient (Wildman–Crippen LogP) is 1.67. The Hall–Kier alpha value is -1.51. The van der Waals surface area contributed by atoms with Crippen LogP contribution in [0.2, 0.25) is 0 Å². The molecule has 0 N–H and O–H groups in total. The van der Waals surface area contributed by atoms with Crippen LogP contribution in [0.1, 0.15) is 10.4 Å². The predicted molar refractivity (Wildman–Crippen MR) is 40.3 cm³/mol. The van der Waals surface area contributed by atoms with Gasteiger partial charge in [-0.25, -0.2) is 9.38 Å². The number of nitrogens with zero attached hydrogens (tertiary/aromatic N) is 1. The molecule has 0 aliphatic rings. The molecule has 0 aliphatic heterocycles. The van der Waals surface area contributed by atoms with Crippen LogP contribution >= 0.6 is 0 Å². The Morgan fingerprint density at radius 2 is 1.91 bits per heavy atom. The monoisotopic (exact) mass is 151 g/mol. The number of carbonyl (C=O) groups excluding carboxylic acids is 1. The largest absolute Gasteiger partial charge is 0.276 e. The van der Waals surface area contributed by atoms with E-state index in [4.69, 9.17) is 0 Å². The van der Waals surface area contributed by atoms with Gasteiger partial charge in [-0.2, -0.15) is 0 Å². The molecule has 1 rings (SSSR count). The fourth-order valence-corrected chi connectivity index (χ4v) is 0.684. The Morgan fingerprint density at radius 1 is 1.36 bits per heavy atom. The van der Waals surface area contributed by atoms with Gasteiger partial charge in [-0.15, -0.1) is 0 Å². The standard InChI is InChI=1S/C8H6FNO/c1-10-8(11)6-2-4-7(9)5-3-6/h2-5H,1H2. The first-order valence-electron chi connectivity index (χ1n) is 3.00. The van der Waals surface area contributed by atoms with E-state index >= 15 is 0 Å². The zero-order valence-electron chi connectivity index (χ0n) is 5.75.